The van der Waals surface area contributed by atoms with Crippen molar-refractivity contribution in [1.82, 2.24) is 15.5 Å². The van der Waals surface area contributed by atoms with Gasteiger partial charge in [-0.3, -0.25) is 5.10 Å². The summed E-state index contributed by atoms with van der Waals surface area (Å²) in [5, 5.41) is 11.8. The second-order valence-corrected chi connectivity index (χ2v) is 5.47. The summed E-state index contributed by atoms with van der Waals surface area (Å²) in [5.74, 6) is 0. The SMILES string of the molecule is c1ccc(C2CNCCN2c2ccc3[nH]ncc3c2)cc1. The second-order valence-electron chi connectivity index (χ2n) is 5.47. The molecule has 0 bridgehead atoms. The third-order valence-corrected chi connectivity index (χ3v) is 4.18. The van der Waals surface area contributed by atoms with Crippen molar-refractivity contribution in [3.63, 3.8) is 0 Å². The smallest absolute Gasteiger partial charge is 0.0667 e. The molecule has 2 heterocycles. The molecule has 1 aliphatic rings. The molecule has 1 saturated heterocycles. The number of piperazine rings is 1. The summed E-state index contributed by atoms with van der Waals surface area (Å²) < 4.78 is 0. The first-order valence-electron chi connectivity index (χ1n) is 7.37. The highest BCUT2D eigenvalue weighted by molar-refractivity contribution is 5.82. The molecule has 4 heteroatoms. The fourth-order valence-electron chi connectivity index (χ4n) is 3.10. The Kier molecular flexibility index (Phi) is 3.09. The molecule has 0 amide bonds. The largest absolute Gasteiger partial charge is 0.362 e. The topological polar surface area (TPSA) is 44.0 Å². The van der Waals surface area contributed by atoms with Crippen LogP contribution in [0.15, 0.2) is 54.7 Å². The van der Waals surface area contributed by atoms with E-state index < -0.39 is 0 Å². The van der Waals surface area contributed by atoms with Gasteiger partial charge in [-0.05, 0) is 23.8 Å². The van der Waals surface area contributed by atoms with Crippen LogP contribution in [0, 0.1) is 0 Å². The van der Waals surface area contributed by atoms with Gasteiger partial charge in [0.25, 0.3) is 0 Å². The Balaban J connectivity index is 1.73. The number of nitrogens with one attached hydrogen (secondary N) is 2. The lowest BCUT2D eigenvalue weighted by Crippen LogP contribution is -2.46. The molecule has 1 atom stereocenters. The number of aromatic amines is 1. The van der Waals surface area contributed by atoms with Crippen LogP contribution < -0.4 is 10.2 Å². The van der Waals surface area contributed by atoms with Crippen LogP contribution in [0.1, 0.15) is 11.6 Å². The Morgan fingerprint density at radius 3 is 2.90 bits per heavy atom. The van der Waals surface area contributed by atoms with Gasteiger partial charge in [-0.15, -0.1) is 0 Å². The van der Waals surface area contributed by atoms with Crippen molar-refractivity contribution in [2.24, 2.45) is 0 Å². The molecule has 1 aliphatic heterocycles. The standard InChI is InChI=1S/C17H18N4/c1-2-4-13(5-3-1)17-12-18-8-9-21(17)15-6-7-16-14(10-15)11-19-20-16/h1-7,10-11,17-18H,8-9,12H2,(H,19,20). The summed E-state index contributed by atoms with van der Waals surface area (Å²) >= 11 is 0. The number of anilines is 1. The highest BCUT2D eigenvalue weighted by Crippen LogP contribution is 2.30. The molecule has 0 aliphatic carbocycles. The molecular formula is C17H18N4. The summed E-state index contributed by atoms with van der Waals surface area (Å²) in [7, 11) is 0. The molecule has 2 aromatic carbocycles. The minimum absolute atomic E-state index is 0.379. The van der Waals surface area contributed by atoms with E-state index in [0.29, 0.717) is 6.04 Å². The lowest BCUT2D eigenvalue weighted by atomic mass is 10.0. The molecule has 1 aromatic heterocycles. The minimum atomic E-state index is 0.379. The molecule has 21 heavy (non-hydrogen) atoms. The van der Waals surface area contributed by atoms with Crippen LogP contribution in [0.3, 0.4) is 0 Å². The van der Waals surface area contributed by atoms with Crippen LogP contribution in [-0.2, 0) is 0 Å². The predicted molar refractivity (Wildman–Crippen MR) is 85.5 cm³/mol. The molecule has 1 fully saturated rings. The zero-order valence-electron chi connectivity index (χ0n) is 11.8. The van der Waals surface area contributed by atoms with Gasteiger partial charge in [0.15, 0.2) is 0 Å². The van der Waals surface area contributed by atoms with E-state index in [2.05, 4.69) is 68.9 Å². The van der Waals surface area contributed by atoms with Gasteiger partial charge in [-0.25, -0.2) is 0 Å². The van der Waals surface area contributed by atoms with Crippen LogP contribution >= 0.6 is 0 Å². The lowest BCUT2D eigenvalue weighted by Gasteiger charge is -2.38. The molecule has 106 valence electrons. The Bertz CT molecular complexity index is 735. The lowest BCUT2D eigenvalue weighted by molar-refractivity contribution is 0.490. The molecule has 0 radical (unpaired) electrons. The number of fused-ring (bicyclic) bond motifs is 1. The Morgan fingerprint density at radius 1 is 1.10 bits per heavy atom. The molecule has 0 spiro atoms. The number of aromatic nitrogens is 2. The Labute approximate surface area is 123 Å². The van der Waals surface area contributed by atoms with Crippen LogP contribution in [-0.4, -0.2) is 29.8 Å². The fourth-order valence-corrected chi connectivity index (χ4v) is 3.10. The fraction of sp³-hybridized carbons (Fsp3) is 0.235. The summed E-state index contributed by atoms with van der Waals surface area (Å²) in [6, 6.07) is 17.6. The molecule has 2 N–H and O–H groups in total. The summed E-state index contributed by atoms with van der Waals surface area (Å²) in [6.45, 7) is 3.02. The van der Waals surface area contributed by atoms with Gasteiger partial charge in [-0.2, -0.15) is 5.10 Å². The number of hydrogen-bond acceptors (Lipinski definition) is 3. The minimum Gasteiger partial charge on any atom is -0.362 e. The molecule has 1 unspecified atom stereocenters. The molecule has 0 saturated carbocycles. The summed E-state index contributed by atoms with van der Waals surface area (Å²) in [4.78, 5) is 2.48. The van der Waals surface area contributed by atoms with Gasteiger partial charge in [0.2, 0.25) is 0 Å². The van der Waals surface area contributed by atoms with Gasteiger partial charge in [-0.1, -0.05) is 30.3 Å². The third kappa shape index (κ3) is 2.28. The van der Waals surface area contributed by atoms with E-state index in [9.17, 15) is 0 Å². The number of benzene rings is 2. The van der Waals surface area contributed by atoms with E-state index >= 15 is 0 Å². The Morgan fingerprint density at radius 2 is 2.00 bits per heavy atom. The zero-order chi connectivity index (χ0) is 14.1. The van der Waals surface area contributed by atoms with E-state index in [4.69, 9.17) is 0 Å². The first-order valence-corrected chi connectivity index (χ1v) is 7.37. The van der Waals surface area contributed by atoms with E-state index in [-0.39, 0.29) is 0 Å². The predicted octanol–water partition coefficient (Wildman–Crippen LogP) is 2.71. The van der Waals surface area contributed by atoms with E-state index in [1.807, 2.05) is 6.20 Å². The van der Waals surface area contributed by atoms with Crippen LogP contribution in [0.25, 0.3) is 10.9 Å². The zero-order valence-corrected chi connectivity index (χ0v) is 11.8. The number of hydrogen-bond donors (Lipinski definition) is 2. The summed E-state index contributed by atoms with van der Waals surface area (Å²) in [5.41, 5.74) is 3.71. The van der Waals surface area contributed by atoms with Crippen LogP contribution in [0.2, 0.25) is 0 Å². The van der Waals surface area contributed by atoms with Crippen molar-refractivity contribution < 1.29 is 0 Å². The van der Waals surface area contributed by atoms with Crippen molar-refractivity contribution in [2.75, 3.05) is 24.5 Å². The van der Waals surface area contributed by atoms with Gasteiger partial charge in [0.1, 0.15) is 0 Å². The van der Waals surface area contributed by atoms with Crippen molar-refractivity contribution in [1.29, 1.82) is 0 Å². The summed E-state index contributed by atoms with van der Waals surface area (Å²) in [6.07, 6.45) is 1.89. The maximum absolute atomic E-state index is 4.11. The van der Waals surface area contributed by atoms with Gasteiger partial charge < -0.3 is 10.2 Å². The molecule has 4 rings (SSSR count). The quantitative estimate of drug-likeness (QED) is 0.757. The average molecular weight is 278 g/mol. The van der Waals surface area contributed by atoms with E-state index in [1.165, 1.54) is 11.3 Å². The van der Waals surface area contributed by atoms with Gasteiger partial charge >= 0.3 is 0 Å². The molecule has 3 aromatic rings. The third-order valence-electron chi connectivity index (χ3n) is 4.18. The van der Waals surface area contributed by atoms with Crippen molar-refractivity contribution >= 4 is 16.6 Å². The maximum atomic E-state index is 4.11. The number of H-pyrrole nitrogens is 1. The van der Waals surface area contributed by atoms with Crippen LogP contribution in [0.4, 0.5) is 5.69 Å². The normalized spacial score (nSPS) is 19.0. The highest BCUT2D eigenvalue weighted by Gasteiger charge is 2.24. The Hall–Kier alpha value is -2.33. The second kappa shape index (κ2) is 5.22. The monoisotopic (exact) mass is 278 g/mol. The average Bonchev–Trinajstić information content (AvgIpc) is 3.03. The maximum Gasteiger partial charge on any atom is 0.0667 e. The molecule has 4 nitrogen and oxygen atoms in total. The van der Waals surface area contributed by atoms with E-state index in [1.54, 1.807) is 0 Å². The first-order chi connectivity index (χ1) is 10.4. The van der Waals surface area contributed by atoms with Crippen molar-refractivity contribution in [3.05, 3.63) is 60.3 Å². The first kappa shape index (κ1) is 12.4. The molecular weight excluding hydrogens is 260 g/mol. The number of nitrogens with zero attached hydrogens (tertiary/aromatic N) is 2. The van der Waals surface area contributed by atoms with Gasteiger partial charge in [0.05, 0.1) is 17.8 Å². The van der Waals surface area contributed by atoms with Crippen molar-refractivity contribution in [2.45, 2.75) is 6.04 Å². The van der Waals surface area contributed by atoms with Gasteiger partial charge in [0, 0.05) is 30.7 Å². The highest BCUT2D eigenvalue weighted by atomic mass is 15.2. The van der Waals surface area contributed by atoms with Crippen LogP contribution in [0.5, 0.6) is 0 Å². The number of rotatable bonds is 2. The van der Waals surface area contributed by atoms with Crippen molar-refractivity contribution in [3.8, 4) is 0 Å². The van der Waals surface area contributed by atoms with E-state index in [0.717, 1.165) is 30.5 Å².